The number of benzene rings is 2. The Bertz CT molecular complexity index is 749. The lowest BCUT2D eigenvalue weighted by Gasteiger charge is -2.07. The number of carbonyl (C=O) groups is 1. The van der Waals surface area contributed by atoms with E-state index < -0.39 is 11.6 Å². The molecule has 23 heavy (non-hydrogen) atoms. The summed E-state index contributed by atoms with van der Waals surface area (Å²) in [6.45, 7) is 1.08. The Morgan fingerprint density at radius 1 is 1.00 bits per heavy atom. The molecule has 0 saturated carbocycles. The summed E-state index contributed by atoms with van der Waals surface area (Å²) < 4.78 is 38.1. The van der Waals surface area contributed by atoms with E-state index in [9.17, 15) is 13.6 Å². The van der Waals surface area contributed by atoms with Crippen molar-refractivity contribution in [3.05, 3.63) is 65.2 Å². The highest BCUT2D eigenvalue weighted by Gasteiger charge is 2.13. The number of halogens is 2. The Kier molecular flexibility index (Phi) is 4.37. The molecule has 0 bridgehead atoms. The molecule has 0 radical (unpaired) electrons. The second-order valence-electron chi connectivity index (χ2n) is 5.04. The Morgan fingerprint density at radius 3 is 2.43 bits per heavy atom. The van der Waals surface area contributed by atoms with Crippen LogP contribution in [0.25, 0.3) is 6.08 Å². The molecule has 1 heterocycles. The van der Waals surface area contributed by atoms with Crippen molar-refractivity contribution in [1.29, 1.82) is 0 Å². The van der Waals surface area contributed by atoms with Gasteiger partial charge in [-0.25, -0.2) is 8.78 Å². The maximum absolute atomic E-state index is 13.5. The molecule has 0 saturated heterocycles. The van der Waals surface area contributed by atoms with E-state index in [0.29, 0.717) is 30.3 Å². The molecule has 0 fully saturated rings. The third-order valence-electron chi connectivity index (χ3n) is 3.43. The SMILES string of the molecule is O=C(/C=C/c1c(F)cccc1F)c1ccc2c(c1)OCCCO2. The third kappa shape index (κ3) is 3.39. The van der Waals surface area contributed by atoms with E-state index in [1.54, 1.807) is 18.2 Å². The van der Waals surface area contributed by atoms with E-state index in [-0.39, 0.29) is 11.3 Å². The predicted octanol–water partition coefficient (Wildman–Crippen LogP) is 4.02. The third-order valence-corrected chi connectivity index (χ3v) is 3.43. The summed E-state index contributed by atoms with van der Waals surface area (Å²) in [4.78, 5) is 12.2. The van der Waals surface area contributed by atoms with Gasteiger partial charge in [-0.1, -0.05) is 6.07 Å². The number of hydrogen-bond acceptors (Lipinski definition) is 3. The Hall–Kier alpha value is -2.69. The Labute approximate surface area is 132 Å². The maximum atomic E-state index is 13.5. The quantitative estimate of drug-likeness (QED) is 0.634. The largest absolute Gasteiger partial charge is 0.490 e. The average Bonchev–Trinajstić information content (AvgIpc) is 2.78. The number of rotatable bonds is 3. The predicted molar refractivity (Wildman–Crippen MR) is 81.8 cm³/mol. The molecular weight excluding hydrogens is 302 g/mol. The fraction of sp³-hybridized carbons (Fsp3) is 0.167. The monoisotopic (exact) mass is 316 g/mol. The first-order valence-electron chi connectivity index (χ1n) is 7.21. The first-order chi connectivity index (χ1) is 11.1. The van der Waals surface area contributed by atoms with Crippen molar-refractivity contribution < 1.29 is 23.0 Å². The topological polar surface area (TPSA) is 35.5 Å². The van der Waals surface area contributed by atoms with Crippen molar-refractivity contribution in [3.8, 4) is 11.5 Å². The van der Waals surface area contributed by atoms with Crippen LogP contribution in [0.3, 0.4) is 0 Å². The number of carbonyl (C=O) groups excluding carboxylic acids is 1. The summed E-state index contributed by atoms with van der Waals surface area (Å²) in [7, 11) is 0. The van der Waals surface area contributed by atoms with Gasteiger partial charge in [0.1, 0.15) is 11.6 Å². The Balaban J connectivity index is 1.83. The van der Waals surface area contributed by atoms with E-state index in [1.165, 1.54) is 6.07 Å². The molecule has 118 valence electrons. The van der Waals surface area contributed by atoms with Crippen LogP contribution < -0.4 is 9.47 Å². The average molecular weight is 316 g/mol. The molecule has 2 aromatic carbocycles. The van der Waals surface area contributed by atoms with Crippen LogP contribution in [0, 0.1) is 11.6 Å². The molecule has 1 aliphatic heterocycles. The van der Waals surface area contributed by atoms with E-state index >= 15 is 0 Å². The first-order valence-corrected chi connectivity index (χ1v) is 7.21. The van der Waals surface area contributed by atoms with Crippen LogP contribution in [0.5, 0.6) is 11.5 Å². The van der Waals surface area contributed by atoms with Gasteiger partial charge in [-0.3, -0.25) is 4.79 Å². The molecule has 3 rings (SSSR count). The maximum Gasteiger partial charge on any atom is 0.185 e. The number of ether oxygens (including phenoxy) is 2. The molecule has 0 N–H and O–H groups in total. The first kappa shape index (κ1) is 15.2. The van der Waals surface area contributed by atoms with E-state index in [2.05, 4.69) is 0 Å². The molecule has 0 aromatic heterocycles. The van der Waals surface area contributed by atoms with Crippen molar-refractivity contribution in [2.45, 2.75) is 6.42 Å². The zero-order valence-corrected chi connectivity index (χ0v) is 12.2. The summed E-state index contributed by atoms with van der Waals surface area (Å²) in [6.07, 6.45) is 3.04. The lowest BCUT2D eigenvalue weighted by atomic mass is 10.1. The van der Waals surface area contributed by atoms with Gasteiger partial charge in [0.2, 0.25) is 0 Å². The fourth-order valence-electron chi connectivity index (χ4n) is 2.24. The molecule has 0 unspecified atom stereocenters. The van der Waals surface area contributed by atoms with Crippen molar-refractivity contribution in [1.82, 2.24) is 0 Å². The minimum atomic E-state index is -0.715. The van der Waals surface area contributed by atoms with Crippen molar-refractivity contribution in [3.63, 3.8) is 0 Å². The molecule has 1 aliphatic rings. The highest BCUT2D eigenvalue weighted by molar-refractivity contribution is 6.07. The summed E-state index contributed by atoms with van der Waals surface area (Å²) in [6, 6.07) is 8.38. The molecule has 2 aromatic rings. The van der Waals surface area contributed by atoms with Crippen LogP contribution in [0.15, 0.2) is 42.5 Å². The van der Waals surface area contributed by atoms with Crippen molar-refractivity contribution in [2.75, 3.05) is 13.2 Å². The van der Waals surface area contributed by atoms with Gasteiger partial charge in [-0.2, -0.15) is 0 Å². The molecule has 3 nitrogen and oxygen atoms in total. The molecule has 0 amide bonds. The van der Waals surface area contributed by atoms with Crippen molar-refractivity contribution >= 4 is 11.9 Å². The van der Waals surface area contributed by atoms with Crippen LogP contribution in [-0.2, 0) is 0 Å². The lowest BCUT2D eigenvalue weighted by molar-refractivity contribution is 0.104. The van der Waals surface area contributed by atoms with Gasteiger partial charge >= 0.3 is 0 Å². The van der Waals surface area contributed by atoms with Crippen LogP contribution in [0.2, 0.25) is 0 Å². The minimum absolute atomic E-state index is 0.241. The van der Waals surface area contributed by atoms with Gasteiger partial charge < -0.3 is 9.47 Å². The molecule has 0 atom stereocenters. The second-order valence-corrected chi connectivity index (χ2v) is 5.04. The normalized spacial score (nSPS) is 13.8. The summed E-state index contributed by atoms with van der Waals surface area (Å²) in [5.74, 6) is -0.717. The summed E-state index contributed by atoms with van der Waals surface area (Å²) in [5, 5.41) is 0. The van der Waals surface area contributed by atoms with Gasteiger partial charge in [0.25, 0.3) is 0 Å². The van der Waals surface area contributed by atoms with Gasteiger partial charge in [0.15, 0.2) is 17.3 Å². The standard InChI is InChI=1S/C18H14F2O3/c19-14-3-1-4-15(20)13(14)6-7-16(21)12-5-8-17-18(11-12)23-10-2-9-22-17/h1,3-8,11H,2,9-10H2/b7-6+. The van der Waals surface area contributed by atoms with Gasteiger partial charge in [-0.05, 0) is 42.5 Å². The van der Waals surface area contributed by atoms with E-state index in [0.717, 1.165) is 30.7 Å². The van der Waals surface area contributed by atoms with Crippen LogP contribution >= 0.6 is 0 Å². The second kappa shape index (κ2) is 6.60. The molecule has 0 aliphatic carbocycles. The van der Waals surface area contributed by atoms with Crippen LogP contribution in [-0.4, -0.2) is 19.0 Å². The summed E-state index contributed by atoms with van der Waals surface area (Å²) in [5.41, 5.74) is 0.123. The number of fused-ring (bicyclic) bond motifs is 1. The van der Waals surface area contributed by atoms with Crippen LogP contribution in [0.1, 0.15) is 22.3 Å². The van der Waals surface area contributed by atoms with Crippen molar-refractivity contribution in [2.24, 2.45) is 0 Å². The zero-order chi connectivity index (χ0) is 16.2. The smallest absolute Gasteiger partial charge is 0.185 e. The highest BCUT2D eigenvalue weighted by atomic mass is 19.1. The highest BCUT2D eigenvalue weighted by Crippen LogP contribution is 2.30. The van der Waals surface area contributed by atoms with Gasteiger partial charge in [0.05, 0.1) is 13.2 Å². The number of hydrogen-bond donors (Lipinski definition) is 0. The fourth-order valence-corrected chi connectivity index (χ4v) is 2.24. The van der Waals surface area contributed by atoms with E-state index in [1.807, 2.05) is 0 Å². The lowest BCUT2D eigenvalue weighted by Crippen LogP contribution is -1.98. The number of ketones is 1. The van der Waals surface area contributed by atoms with E-state index in [4.69, 9.17) is 9.47 Å². The van der Waals surface area contributed by atoms with Gasteiger partial charge in [0, 0.05) is 17.5 Å². The molecule has 5 heteroatoms. The molecular formula is C18H14F2O3. The van der Waals surface area contributed by atoms with Gasteiger partial charge in [-0.15, -0.1) is 0 Å². The Morgan fingerprint density at radius 2 is 1.70 bits per heavy atom. The molecule has 0 spiro atoms. The summed E-state index contributed by atoms with van der Waals surface area (Å²) >= 11 is 0. The van der Waals surface area contributed by atoms with Crippen LogP contribution in [0.4, 0.5) is 8.78 Å². The number of allylic oxidation sites excluding steroid dienone is 1. The zero-order valence-electron chi connectivity index (χ0n) is 12.2. The minimum Gasteiger partial charge on any atom is -0.490 e.